The van der Waals surface area contributed by atoms with E-state index in [9.17, 15) is 28.8 Å². The molecule has 0 saturated carbocycles. The number of hydrogen-bond donors (Lipinski definition) is 4. The highest BCUT2D eigenvalue weighted by molar-refractivity contribution is 5.92. The van der Waals surface area contributed by atoms with Crippen molar-refractivity contribution in [2.75, 3.05) is 87.6 Å². The number of aliphatic hydroxyl groups excluding tert-OH is 3. The third kappa shape index (κ3) is 145. The quantitative estimate of drug-likeness (QED) is 0.0134. The number of hydrogen-bond acceptors (Lipinski definition) is 21. The largest absolute Gasteiger partial charge is 0.508 e. The van der Waals surface area contributed by atoms with Crippen LogP contribution in [0, 0.1) is 5.92 Å². The summed E-state index contributed by atoms with van der Waals surface area (Å²) in [5, 5.41) is 34.2. The maximum Gasteiger partial charge on any atom is 0.373 e. The Morgan fingerprint density at radius 3 is 0.917 bits per heavy atom. The second-order valence-corrected chi connectivity index (χ2v) is 35.4. The minimum atomic E-state index is -1.00. The molecule has 22 heteroatoms. The third-order valence-electron chi connectivity index (χ3n) is 20.3. The van der Waals surface area contributed by atoms with Crippen molar-refractivity contribution in [3.63, 3.8) is 0 Å². The van der Waals surface area contributed by atoms with Crippen LogP contribution in [0.15, 0.2) is 209 Å². The van der Waals surface area contributed by atoms with Crippen LogP contribution in [0.3, 0.4) is 0 Å². The summed E-state index contributed by atoms with van der Waals surface area (Å²) >= 11 is 0. The van der Waals surface area contributed by atoms with Crippen LogP contribution in [0.2, 0.25) is 0 Å². The van der Waals surface area contributed by atoms with Crippen molar-refractivity contribution in [1.29, 1.82) is 0 Å². The zero-order chi connectivity index (χ0) is 112. The lowest BCUT2D eigenvalue weighted by Gasteiger charge is -2.14. The van der Waals surface area contributed by atoms with Gasteiger partial charge in [0.1, 0.15) is 38.3 Å². The Bertz CT molecular complexity index is 3580. The molecule has 3 rings (SSSR count). The SMILES string of the molecule is C=C(C)C(=O)N(C)C.C=C(C)C(=O)OCC(CC)CCCC.C=C(C)C(=O)OCC(O)CO.C=C(C)C(=O)OCCO.C=C(C)C(=O)OCCOCCC.C=C(C)C(=O)OCc1ccccc1.C=C(C)c1ccc(O)cc1.C=CCCCCCCCCCC.C=CCCCCCCCCCCCCCC.C=CCCCCCCCCCCCCCCCCCC.C=Cc1ccccc1.CCN(C)C.O=C=O.O=C=O. The zero-order valence-electron chi connectivity index (χ0n) is 94.2. The van der Waals surface area contributed by atoms with Crippen molar-refractivity contribution in [2.45, 2.75) is 392 Å². The molecule has 0 aliphatic carbocycles. The fraction of sp³-hybridized carbons (Fsp3) is 0.607. The number of esters is 5. The van der Waals surface area contributed by atoms with E-state index in [1.165, 1.54) is 281 Å². The van der Waals surface area contributed by atoms with Crippen molar-refractivity contribution in [3.05, 3.63) is 226 Å². The molecular weight excluding hydrogens is 1810 g/mol. The molecule has 0 bridgehead atoms. The maximum absolute atomic E-state index is 11.1. The maximum atomic E-state index is 11.1. The van der Waals surface area contributed by atoms with Gasteiger partial charge in [-0.2, -0.15) is 19.2 Å². The van der Waals surface area contributed by atoms with Crippen LogP contribution in [0.4, 0.5) is 0 Å². The summed E-state index contributed by atoms with van der Waals surface area (Å²) in [6, 6.07) is 26.6. The number of ether oxygens (including phenoxy) is 6. The normalized spacial score (nSPS) is 9.85. The fourth-order valence-electron chi connectivity index (χ4n) is 11.3. The first-order chi connectivity index (χ1) is 68.8. The number of phenols is 1. The van der Waals surface area contributed by atoms with Crippen molar-refractivity contribution in [1.82, 2.24) is 9.80 Å². The number of unbranched alkanes of at least 4 members (excludes halogenated alkanes) is 37. The van der Waals surface area contributed by atoms with Crippen molar-refractivity contribution >= 4 is 59.7 Å². The Balaban J connectivity index is -0.000000150. The average Bonchev–Trinajstić information content (AvgIpc) is 0.928. The molecular formula is C122H208N2O20. The topological polar surface area (TPSA) is 313 Å². The molecule has 0 aliphatic heterocycles. The summed E-state index contributed by atoms with van der Waals surface area (Å²) in [4.78, 5) is 101. The van der Waals surface area contributed by atoms with E-state index in [2.05, 4.69) is 142 Å². The summed E-state index contributed by atoms with van der Waals surface area (Å²) in [7, 11) is 7.52. The van der Waals surface area contributed by atoms with Crippen molar-refractivity contribution in [2.24, 2.45) is 5.92 Å². The minimum Gasteiger partial charge on any atom is -0.508 e. The zero-order valence-corrected chi connectivity index (χ0v) is 94.2. The molecule has 1 amide bonds. The van der Waals surface area contributed by atoms with Gasteiger partial charge < -0.3 is 58.6 Å². The number of rotatable bonds is 66. The first-order valence-corrected chi connectivity index (χ1v) is 52.9. The number of aliphatic hydroxyl groups is 3. The first kappa shape index (κ1) is 157. The Labute approximate surface area is 878 Å². The number of amides is 1. The molecule has 0 aliphatic rings. The lowest BCUT2D eigenvalue weighted by Crippen LogP contribution is -2.22. The Morgan fingerprint density at radius 2 is 0.667 bits per heavy atom. The van der Waals surface area contributed by atoms with Crippen LogP contribution in [0.25, 0.3) is 11.6 Å². The second-order valence-electron chi connectivity index (χ2n) is 35.4. The average molecular weight is 2020 g/mol. The highest BCUT2D eigenvalue weighted by Gasteiger charge is 2.12. The van der Waals surface area contributed by atoms with Gasteiger partial charge in [0.25, 0.3) is 0 Å². The predicted octanol–water partition coefficient (Wildman–Crippen LogP) is 30.3. The van der Waals surface area contributed by atoms with E-state index in [1.807, 2.05) is 111 Å². The van der Waals surface area contributed by atoms with Gasteiger partial charge >= 0.3 is 42.1 Å². The molecule has 2 atom stereocenters. The van der Waals surface area contributed by atoms with Gasteiger partial charge in [0.15, 0.2) is 0 Å². The van der Waals surface area contributed by atoms with Crippen LogP contribution in [0.5, 0.6) is 5.75 Å². The smallest absolute Gasteiger partial charge is 0.373 e. The number of likely N-dealkylation sites (N-methyl/N-ethyl adjacent to an activating group) is 1. The molecule has 0 fully saturated rings. The lowest BCUT2D eigenvalue weighted by molar-refractivity contribution is -0.193. The Kier molecular flexibility index (Phi) is 142. The Hall–Kier alpha value is -10.0. The molecule has 0 heterocycles. The molecule has 4 N–H and O–H groups in total. The summed E-state index contributed by atoms with van der Waals surface area (Å²) in [6.45, 7) is 69.0. The molecule has 0 radical (unpaired) electrons. The number of carbonyl (C=O) groups excluding carboxylic acids is 10. The van der Waals surface area contributed by atoms with Crippen LogP contribution in [-0.2, 0) is 83.0 Å². The number of aromatic hydroxyl groups is 1. The van der Waals surface area contributed by atoms with E-state index < -0.39 is 24.6 Å². The van der Waals surface area contributed by atoms with Crippen molar-refractivity contribution < 1.29 is 96.8 Å². The van der Waals surface area contributed by atoms with Crippen LogP contribution in [-0.4, -0.2) is 172 Å². The van der Waals surface area contributed by atoms with Gasteiger partial charge in [-0.1, -0.05) is 435 Å². The molecule has 22 nitrogen and oxygen atoms in total. The van der Waals surface area contributed by atoms with E-state index in [-0.39, 0.29) is 61.5 Å². The highest BCUT2D eigenvalue weighted by atomic mass is 16.6. The minimum absolute atomic E-state index is 0.00926. The van der Waals surface area contributed by atoms with Gasteiger partial charge in [0, 0.05) is 54.1 Å². The molecule has 826 valence electrons. The van der Waals surface area contributed by atoms with Crippen molar-refractivity contribution in [3.8, 4) is 5.75 Å². The molecule has 0 aromatic heterocycles. The first-order valence-electron chi connectivity index (χ1n) is 52.9. The standard InChI is InChI=1S/C20H40.C16H32.C12H22O2.C12H24.C11H12O2.C9H16O3.C9H10O.C8H8.C7H12O4.C6H11NO.C6H10O3.C4H11N.2CO2/c1-3-5-7-9-11-13-15-17-19-20-18-16-14-12-10-8-6-4-2;1-3-5-7-9-11-13-15-16-14-12-10-8-6-4-2;1-5-7-8-11(6-2)9-14-12(13)10(3)4;1-3-5-7-9-11-12-10-8-6-4-2;1-9(2)11(12)13-8-10-6-4-3-5-7-10;1-4-5-11-6-7-12-9(10)8(2)3;1-7(2)8-3-5-9(10)6-4-8;1-2-8-6-4-3-5-7-8;1-5(2)7(10)11-4-6(9)3-8;1-5(2)6(8)7(3)4;1-5(2)6(8)9-4-3-7;1-4-5(2)3;2*2-1-3/h3H,1,4-20H2,2H3;3H,1,4-16H2,2H3;11H,3,5-9H2,1-2,4H3;3H,1,4-12H2,2H3;3-7H,1,8H2,2H3;2,4-7H2,1,3H3;3-6,10H,1H2,2H3;2-7H,1H2;6,8-9H,1,3-4H2,2H3;1H2,2-4H3;7H,1,3-4H2,2H3;4H2,1-3H3;;. The van der Waals surface area contributed by atoms with Gasteiger partial charge in [0.05, 0.1) is 26.4 Å². The summed E-state index contributed by atoms with van der Waals surface area (Å²) in [5.74, 6) is -1.17. The molecule has 3 aromatic rings. The van der Waals surface area contributed by atoms with Crippen LogP contribution >= 0.6 is 0 Å². The van der Waals surface area contributed by atoms with Gasteiger partial charge in [-0.05, 0) is 155 Å². The molecule has 0 spiro atoms. The lowest BCUT2D eigenvalue weighted by atomic mass is 10.0. The van der Waals surface area contributed by atoms with E-state index >= 15 is 0 Å². The van der Waals surface area contributed by atoms with E-state index in [0.29, 0.717) is 72.6 Å². The van der Waals surface area contributed by atoms with Gasteiger partial charge in [0.2, 0.25) is 5.91 Å². The number of carbonyl (C=O) groups is 6. The number of phenolic OH excluding ortho intramolecular Hbond substituents is 1. The number of nitrogens with zero attached hydrogens (tertiary/aromatic N) is 2. The summed E-state index contributed by atoms with van der Waals surface area (Å²) < 4.78 is 28.9. The monoisotopic (exact) mass is 2020 g/mol. The number of allylic oxidation sites excluding steroid dienone is 4. The van der Waals surface area contributed by atoms with Gasteiger partial charge in [-0.3, -0.25) is 4.79 Å². The predicted molar refractivity (Wildman–Crippen MR) is 604 cm³/mol. The summed E-state index contributed by atoms with van der Waals surface area (Å²) in [6.07, 6.45) is 68.4. The highest BCUT2D eigenvalue weighted by Crippen LogP contribution is 2.19. The summed E-state index contributed by atoms with van der Waals surface area (Å²) in [5.41, 5.74) is 6.77. The molecule has 144 heavy (non-hydrogen) atoms. The second kappa shape index (κ2) is 131. The van der Waals surface area contributed by atoms with Crippen LogP contribution < -0.4 is 0 Å². The molecule has 3 aromatic carbocycles. The third-order valence-corrected chi connectivity index (χ3v) is 20.3. The van der Waals surface area contributed by atoms with E-state index in [0.717, 1.165) is 42.5 Å². The van der Waals surface area contributed by atoms with Gasteiger partial charge in [-0.25, -0.2) is 24.0 Å². The van der Waals surface area contributed by atoms with E-state index in [4.69, 9.17) is 58.6 Å². The Morgan fingerprint density at radius 1 is 0.368 bits per heavy atom. The molecule has 0 saturated heterocycles. The number of benzene rings is 3. The van der Waals surface area contributed by atoms with E-state index in [1.54, 1.807) is 60.8 Å². The van der Waals surface area contributed by atoms with Crippen LogP contribution in [0.1, 0.15) is 396 Å². The molecule has 2 unspecified atom stereocenters. The fourth-order valence-corrected chi connectivity index (χ4v) is 11.3. The van der Waals surface area contributed by atoms with Gasteiger partial charge in [-0.15, -0.1) is 19.7 Å².